The molecule has 92 valence electrons. The van der Waals surface area contributed by atoms with Crippen LogP contribution in [0.25, 0.3) is 0 Å². The van der Waals surface area contributed by atoms with E-state index in [4.69, 9.17) is 16.3 Å². The first-order chi connectivity index (χ1) is 8.24. The van der Waals surface area contributed by atoms with Crippen LogP contribution in [0.2, 0.25) is 0 Å². The number of carbonyl (C=O) groups is 1. The van der Waals surface area contributed by atoms with Gasteiger partial charge in [-0.15, -0.1) is 11.6 Å². The van der Waals surface area contributed by atoms with Crippen LogP contribution in [0.4, 0.5) is 0 Å². The van der Waals surface area contributed by atoms with Crippen LogP contribution in [0.1, 0.15) is 30.0 Å². The van der Waals surface area contributed by atoms with Gasteiger partial charge in [0.15, 0.2) is 0 Å². The summed E-state index contributed by atoms with van der Waals surface area (Å²) in [6, 6.07) is 6.29. The van der Waals surface area contributed by atoms with E-state index < -0.39 is 0 Å². The summed E-state index contributed by atoms with van der Waals surface area (Å²) in [5.74, 6) is 0.526. The van der Waals surface area contributed by atoms with Gasteiger partial charge < -0.3 is 4.74 Å². The molecule has 1 aromatic rings. The molecule has 1 atom stereocenters. The average Bonchev–Trinajstić information content (AvgIpc) is 2.37. The number of esters is 1. The highest BCUT2D eigenvalue weighted by Gasteiger charge is 2.25. The SMILES string of the molecule is CCOC(=O)[C@@H]1CCc2cc(CCl)ccc2C1. The monoisotopic (exact) mass is 252 g/mol. The minimum Gasteiger partial charge on any atom is -0.466 e. The van der Waals surface area contributed by atoms with Crippen molar-refractivity contribution in [3.8, 4) is 0 Å². The number of aryl methyl sites for hydroxylation is 1. The molecule has 3 heteroatoms. The van der Waals surface area contributed by atoms with Crippen LogP contribution in [0, 0.1) is 5.92 Å². The van der Waals surface area contributed by atoms with Crippen molar-refractivity contribution in [3.05, 3.63) is 34.9 Å². The van der Waals surface area contributed by atoms with Gasteiger partial charge >= 0.3 is 5.97 Å². The zero-order chi connectivity index (χ0) is 12.3. The maximum atomic E-state index is 11.7. The summed E-state index contributed by atoms with van der Waals surface area (Å²) >= 11 is 5.82. The molecule has 0 saturated carbocycles. The van der Waals surface area contributed by atoms with E-state index in [1.807, 2.05) is 13.0 Å². The van der Waals surface area contributed by atoms with Crippen LogP contribution in [0.3, 0.4) is 0 Å². The average molecular weight is 253 g/mol. The number of benzene rings is 1. The molecule has 0 bridgehead atoms. The van der Waals surface area contributed by atoms with Crippen molar-refractivity contribution < 1.29 is 9.53 Å². The van der Waals surface area contributed by atoms with Crippen LogP contribution in [-0.2, 0) is 28.3 Å². The van der Waals surface area contributed by atoms with Crippen LogP contribution >= 0.6 is 11.6 Å². The fourth-order valence-electron chi connectivity index (χ4n) is 2.35. The standard InChI is InChI=1S/C14H17ClO2/c1-2-17-14(16)13-6-5-11-7-10(9-15)3-4-12(11)8-13/h3-4,7,13H,2,5-6,8-9H2,1H3/t13-/m1/s1. The number of fused-ring (bicyclic) bond motifs is 1. The van der Waals surface area contributed by atoms with E-state index in [1.54, 1.807) is 0 Å². The van der Waals surface area contributed by atoms with Crippen molar-refractivity contribution in [3.63, 3.8) is 0 Å². The lowest BCUT2D eigenvalue weighted by Crippen LogP contribution is -2.24. The summed E-state index contributed by atoms with van der Waals surface area (Å²) in [5, 5.41) is 0. The van der Waals surface area contributed by atoms with Gasteiger partial charge in [-0.1, -0.05) is 18.2 Å². The summed E-state index contributed by atoms with van der Waals surface area (Å²) in [5.41, 5.74) is 3.76. The molecule has 0 saturated heterocycles. The van der Waals surface area contributed by atoms with Crippen LogP contribution in [0.15, 0.2) is 18.2 Å². The lowest BCUT2D eigenvalue weighted by Gasteiger charge is -2.23. The highest BCUT2D eigenvalue weighted by molar-refractivity contribution is 6.17. The fourth-order valence-corrected chi connectivity index (χ4v) is 2.52. The molecule has 0 heterocycles. The Kier molecular flexibility index (Phi) is 4.06. The van der Waals surface area contributed by atoms with Gasteiger partial charge in [0.25, 0.3) is 0 Å². The molecule has 1 aromatic carbocycles. The van der Waals surface area contributed by atoms with E-state index in [-0.39, 0.29) is 11.9 Å². The topological polar surface area (TPSA) is 26.3 Å². The lowest BCUT2D eigenvalue weighted by atomic mass is 9.83. The molecule has 0 N–H and O–H groups in total. The van der Waals surface area contributed by atoms with Gasteiger partial charge in [0.05, 0.1) is 12.5 Å². The number of hydrogen-bond acceptors (Lipinski definition) is 2. The number of ether oxygens (including phenoxy) is 1. The van der Waals surface area contributed by atoms with Crippen molar-refractivity contribution in [1.82, 2.24) is 0 Å². The number of rotatable bonds is 3. The number of alkyl halides is 1. The third kappa shape index (κ3) is 2.81. The lowest BCUT2D eigenvalue weighted by molar-refractivity contribution is -0.148. The highest BCUT2D eigenvalue weighted by Crippen LogP contribution is 2.27. The summed E-state index contributed by atoms with van der Waals surface area (Å²) in [7, 11) is 0. The van der Waals surface area contributed by atoms with Crippen LogP contribution < -0.4 is 0 Å². The molecule has 0 aromatic heterocycles. The maximum absolute atomic E-state index is 11.7. The largest absolute Gasteiger partial charge is 0.466 e. The number of carbonyl (C=O) groups excluding carboxylic acids is 1. The van der Waals surface area contributed by atoms with Gasteiger partial charge in [-0.3, -0.25) is 4.79 Å². The number of halogens is 1. The minimum atomic E-state index is -0.0560. The van der Waals surface area contributed by atoms with Crippen molar-refractivity contribution >= 4 is 17.6 Å². The maximum Gasteiger partial charge on any atom is 0.309 e. The molecule has 0 aliphatic heterocycles. The van der Waals surface area contributed by atoms with Crippen molar-refractivity contribution in [1.29, 1.82) is 0 Å². The highest BCUT2D eigenvalue weighted by atomic mass is 35.5. The molecular weight excluding hydrogens is 236 g/mol. The van der Waals surface area contributed by atoms with E-state index in [0.29, 0.717) is 12.5 Å². The van der Waals surface area contributed by atoms with Gasteiger partial charge in [0, 0.05) is 5.88 Å². The van der Waals surface area contributed by atoms with Gasteiger partial charge in [0.2, 0.25) is 0 Å². The molecule has 0 spiro atoms. The molecule has 1 aliphatic rings. The predicted octanol–water partition coefficient (Wildman–Crippen LogP) is 3.09. The second-order valence-corrected chi connectivity index (χ2v) is 4.70. The van der Waals surface area contributed by atoms with E-state index in [9.17, 15) is 4.79 Å². The molecule has 0 fully saturated rings. The Morgan fingerprint density at radius 1 is 1.47 bits per heavy atom. The van der Waals surface area contributed by atoms with Crippen LogP contribution in [-0.4, -0.2) is 12.6 Å². The Bertz CT molecular complexity index is 415. The minimum absolute atomic E-state index is 0.0318. The van der Waals surface area contributed by atoms with Gasteiger partial charge in [-0.25, -0.2) is 0 Å². The van der Waals surface area contributed by atoms with Crippen molar-refractivity contribution in [2.24, 2.45) is 5.92 Å². The molecule has 17 heavy (non-hydrogen) atoms. The first-order valence-electron chi connectivity index (χ1n) is 6.08. The van der Waals surface area contributed by atoms with Crippen molar-refractivity contribution in [2.45, 2.75) is 32.1 Å². The Morgan fingerprint density at radius 2 is 2.29 bits per heavy atom. The Balaban J connectivity index is 2.11. The molecule has 1 aliphatic carbocycles. The Hall–Kier alpha value is -1.02. The van der Waals surface area contributed by atoms with E-state index in [0.717, 1.165) is 24.8 Å². The second-order valence-electron chi connectivity index (χ2n) is 4.43. The Labute approximate surface area is 107 Å². The van der Waals surface area contributed by atoms with E-state index in [2.05, 4.69) is 12.1 Å². The summed E-state index contributed by atoms with van der Waals surface area (Å²) in [4.78, 5) is 11.7. The van der Waals surface area contributed by atoms with Gasteiger partial charge in [-0.2, -0.15) is 0 Å². The number of hydrogen-bond donors (Lipinski definition) is 0. The Morgan fingerprint density at radius 3 is 3.00 bits per heavy atom. The normalized spacial score (nSPS) is 18.6. The zero-order valence-corrected chi connectivity index (χ0v) is 10.8. The molecule has 0 unspecified atom stereocenters. The third-order valence-corrected chi connectivity index (χ3v) is 3.58. The van der Waals surface area contributed by atoms with E-state index >= 15 is 0 Å². The molecule has 0 radical (unpaired) electrons. The summed E-state index contributed by atoms with van der Waals surface area (Å²) < 4.78 is 5.08. The first-order valence-corrected chi connectivity index (χ1v) is 6.61. The predicted molar refractivity (Wildman–Crippen MR) is 68.1 cm³/mol. The summed E-state index contributed by atoms with van der Waals surface area (Å²) in [6.45, 7) is 2.31. The third-order valence-electron chi connectivity index (χ3n) is 3.27. The molecule has 0 amide bonds. The molecule has 2 rings (SSSR count). The summed E-state index contributed by atoms with van der Waals surface area (Å²) in [6.07, 6.45) is 2.64. The molecule has 2 nitrogen and oxygen atoms in total. The zero-order valence-electron chi connectivity index (χ0n) is 10.0. The quantitative estimate of drug-likeness (QED) is 0.610. The smallest absolute Gasteiger partial charge is 0.309 e. The van der Waals surface area contributed by atoms with Crippen LogP contribution in [0.5, 0.6) is 0 Å². The van der Waals surface area contributed by atoms with Gasteiger partial charge in [0.1, 0.15) is 0 Å². The fraction of sp³-hybridized carbons (Fsp3) is 0.500. The molecular formula is C14H17ClO2. The second kappa shape index (κ2) is 5.54. The van der Waals surface area contributed by atoms with E-state index in [1.165, 1.54) is 11.1 Å². The van der Waals surface area contributed by atoms with Crippen molar-refractivity contribution in [2.75, 3.05) is 6.61 Å². The van der Waals surface area contributed by atoms with Gasteiger partial charge in [-0.05, 0) is 42.9 Å². The first kappa shape index (κ1) is 12.4.